The van der Waals surface area contributed by atoms with Crippen LogP contribution in [0.5, 0.6) is 5.75 Å². The highest BCUT2D eigenvalue weighted by Crippen LogP contribution is 2.28. The Morgan fingerprint density at radius 2 is 2.08 bits per heavy atom. The van der Waals surface area contributed by atoms with Crippen LogP contribution in [-0.4, -0.2) is 57.3 Å². The van der Waals surface area contributed by atoms with Crippen molar-refractivity contribution in [1.29, 1.82) is 0 Å². The number of hydrogen-bond acceptors (Lipinski definition) is 5. The summed E-state index contributed by atoms with van der Waals surface area (Å²) in [5.74, 6) is -0.659. The molecule has 1 unspecified atom stereocenters. The van der Waals surface area contributed by atoms with E-state index >= 15 is 0 Å². The molecule has 2 saturated heterocycles. The molecule has 8 heteroatoms. The highest BCUT2D eigenvalue weighted by molar-refractivity contribution is 5.95. The van der Waals surface area contributed by atoms with E-state index < -0.39 is 16.4 Å². The molecule has 2 heterocycles. The molecule has 1 aromatic carbocycles. The number of nitro groups is 1. The molecule has 1 N–H and O–H groups in total. The summed E-state index contributed by atoms with van der Waals surface area (Å²) in [5.41, 5.74) is -0.211. The molecule has 0 aromatic heterocycles. The number of piperidine rings is 1. The Labute approximate surface area is 138 Å². The van der Waals surface area contributed by atoms with Gasteiger partial charge in [-0.25, -0.2) is 0 Å². The number of phenolic OH excluding ortho intramolecular Hbond substituents is 1. The number of benzene rings is 1. The zero-order valence-electron chi connectivity index (χ0n) is 13.2. The zero-order valence-corrected chi connectivity index (χ0v) is 13.2. The molecule has 2 aliphatic rings. The minimum absolute atomic E-state index is 0.0318. The number of hydrogen-bond donors (Lipinski definition) is 1. The number of rotatable bonds is 3. The lowest BCUT2D eigenvalue weighted by Crippen LogP contribution is -2.50. The van der Waals surface area contributed by atoms with Crippen LogP contribution in [0.2, 0.25) is 0 Å². The summed E-state index contributed by atoms with van der Waals surface area (Å²) in [6.45, 7) is 1.78. The predicted molar refractivity (Wildman–Crippen MR) is 84.6 cm³/mol. The molecule has 0 aliphatic carbocycles. The van der Waals surface area contributed by atoms with Crippen molar-refractivity contribution < 1.29 is 19.6 Å². The van der Waals surface area contributed by atoms with Crippen molar-refractivity contribution in [3.63, 3.8) is 0 Å². The summed E-state index contributed by atoms with van der Waals surface area (Å²) in [5, 5.41) is 20.4. The van der Waals surface area contributed by atoms with Gasteiger partial charge in [0.1, 0.15) is 0 Å². The Morgan fingerprint density at radius 1 is 1.29 bits per heavy atom. The maximum absolute atomic E-state index is 12.6. The van der Waals surface area contributed by atoms with Crippen LogP contribution < -0.4 is 0 Å². The van der Waals surface area contributed by atoms with Gasteiger partial charge >= 0.3 is 5.69 Å². The Morgan fingerprint density at radius 3 is 2.71 bits per heavy atom. The minimum Gasteiger partial charge on any atom is -0.502 e. The number of carbonyl (C=O) groups excluding carboxylic acids is 2. The summed E-state index contributed by atoms with van der Waals surface area (Å²) in [4.78, 5) is 38.1. The van der Waals surface area contributed by atoms with Gasteiger partial charge in [0.2, 0.25) is 5.91 Å². The SMILES string of the molecule is O=C(c1ccc([N+](=O)[O-])c(O)c1)N1CCCC(N2CCCC2=O)C1. The van der Waals surface area contributed by atoms with Gasteiger partial charge in [-0.2, -0.15) is 0 Å². The first-order valence-corrected chi connectivity index (χ1v) is 8.03. The topological polar surface area (TPSA) is 104 Å². The van der Waals surface area contributed by atoms with Crippen LogP contribution >= 0.6 is 0 Å². The first kappa shape index (κ1) is 16.2. The molecule has 128 valence electrons. The van der Waals surface area contributed by atoms with Gasteiger partial charge in [-0.15, -0.1) is 0 Å². The van der Waals surface area contributed by atoms with Gasteiger partial charge < -0.3 is 14.9 Å². The fourth-order valence-electron chi connectivity index (χ4n) is 3.44. The van der Waals surface area contributed by atoms with E-state index in [-0.39, 0.29) is 23.4 Å². The van der Waals surface area contributed by atoms with Crippen molar-refractivity contribution in [2.24, 2.45) is 0 Å². The fraction of sp³-hybridized carbons (Fsp3) is 0.500. The third-order valence-corrected chi connectivity index (χ3v) is 4.65. The second-order valence-electron chi connectivity index (χ2n) is 6.20. The van der Waals surface area contributed by atoms with Gasteiger partial charge in [-0.3, -0.25) is 19.7 Å². The van der Waals surface area contributed by atoms with Gasteiger partial charge in [0.15, 0.2) is 5.75 Å². The van der Waals surface area contributed by atoms with Crippen LogP contribution in [-0.2, 0) is 4.79 Å². The van der Waals surface area contributed by atoms with Crippen LogP contribution in [0, 0.1) is 10.1 Å². The first-order chi connectivity index (χ1) is 11.5. The van der Waals surface area contributed by atoms with E-state index in [0.717, 1.165) is 37.9 Å². The molecule has 3 rings (SSSR count). The molecular formula is C16H19N3O5. The number of nitro benzene ring substituents is 1. The smallest absolute Gasteiger partial charge is 0.310 e. The van der Waals surface area contributed by atoms with Gasteiger partial charge in [0, 0.05) is 43.7 Å². The Balaban J connectivity index is 1.73. The monoisotopic (exact) mass is 333 g/mol. The molecule has 8 nitrogen and oxygen atoms in total. The Bertz CT molecular complexity index is 690. The van der Waals surface area contributed by atoms with Gasteiger partial charge in [-0.05, 0) is 31.4 Å². The molecule has 2 amide bonds. The summed E-state index contributed by atoms with van der Waals surface area (Å²) in [7, 11) is 0. The molecule has 0 bridgehead atoms. The zero-order chi connectivity index (χ0) is 17.3. The highest BCUT2D eigenvalue weighted by Gasteiger charge is 2.33. The molecule has 1 atom stereocenters. The molecule has 0 radical (unpaired) electrons. The van der Waals surface area contributed by atoms with Crippen LogP contribution in [0.1, 0.15) is 36.0 Å². The summed E-state index contributed by atoms with van der Waals surface area (Å²) in [6.07, 6.45) is 3.11. The second-order valence-corrected chi connectivity index (χ2v) is 6.20. The fourth-order valence-corrected chi connectivity index (χ4v) is 3.44. The number of aromatic hydroxyl groups is 1. The maximum atomic E-state index is 12.6. The molecule has 0 spiro atoms. The van der Waals surface area contributed by atoms with Crippen molar-refractivity contribution in [3.8, 4) is 5.75 Å². The maximum Gasteiger partial charge on any atom is 0.310 e. The summed E-state index contributed by atoms with van der Waals surface area (Å²) < 4.78 is 0. The quantitative estimate of drug-likeness (QED) is 0.667. The lowest BCUT2D eigenvalue weighted by molar-refractivity contribution is -0.385. The van der Waals surface area contributed by atoms with Crippen LogP contribution in [0.3, 0.4) is 0 Å². The van der Waals surface area contributed by atoms with E-state index in [1.54, 1.807) is 4.90 Å². The first-order valence-electron chi connectivity index (χ1n) is 8.03. The van der Waals surface area contributed by atoms with E-state index in [1.807, 2.05) is 4.90 Å². The van der Waals surface area contributed by atoms with Gasteiger partial charge in [0.25, 0.3) is 5.91 Å². The lowest BCUT2D eigenvalue weighted by atomic mass is 10.0. The minimum atomic E-state index is -0.695. The number of amides is 2. The van der Waals surface area contributed by atoms with E-state index in [4.69, 9.17) is 0 Å². The largest absolute Gasteiger partial charge is 0.502 e. The van der Waals surface area contributed by atoms with Crippen LogP contribution in [0.25, 0.3) is 0 Å². The standard InChI is InChI=1S/C16H19N3O5/c20-14-9-11(5-6-13(14)19(23)24)16(22)17-7-1-3-12(10-17)18-8-2-4-15(18)21/h5-6,9,12,20H,1-4,7-8,10H2. The van der Waals surface area contributed by atoms with Crippen LogP contribution in [0.15, 0.2) is 18.2 Å². The van der Waals surface area contributed by atoms with Crippen LogP contribution in [0.4, 0.5) is 5.69 Å². The number of nitrogens with zero attached hydrogens (tertiary/aromatic N) is 3. The molecule has 24 heavy (non-hydrogen) atoms. The number of phenols is 1. The van der Waals surface area contributed by atoms with Crippen molar-refractivity contribution in [1.82, 2.24) is 9.80 Å². The van der Waals surface area contributed by atoms with E-state index in [0.29, 0.717) is 19.5 Å². The lowest BCUT2D eigenvalue weighted by Gasteiger charge is -2.37. The normalized spacial score (nSPS) is 21.2. The van der Waals surface area contributed by atoms with E-state index in [2.05, 4.69) is 0 Å². The predicted octanol–water partition coefficient (Wildman–Crippen LogP) is 1.53. The summed E-state index contributed by atoms with van der Waals surface area (Å²) >= 11 is 0. The molecule has 2 aliphatic heterocycles. The molecule has 0 saturated carbocycles. The third kappa shape index (κ3) is 3.04. The van der Waals surface area contributed by atoms with Crippen molar-refractivity contribution in [2.75, 3.05) is 19.6 Å². The molecule has 2 fully saturated rings. The van der Waals surface area contributed by atoms with E-state index in [9.17, 15) is 24.8 Å². The Hall–Kier alpha value is -2.64. The third-order valence-electron chi connectivity index (χ3n) is 4.65. The number of likely N-dealkylation sites (tertiary alicyclic amines) is 2. The van der Waals surface area contributed by atoms with E-state index in [1.165, 1.54) is 6.07 Å². The summed E-state index contributed by atoms with van der Waals surface area (Å²) in [6, 6.07) is 3.65. The molecular weight excluding hydrogens is 314 g/mol. The average Bonchev–Trinajstić information content (AvgIpc) is 3.00. The average molecular weight is 333 g/mol. The van der Waals surface area contributed by atoms with Crippen molar-refractivity contribution in [2.45, 2.75) is 31.7 Å². The Kier molecular flexibility index (Phi) is 4.37. The van der Waals surface area contributed by atoms with Gasteiger partial charge in [0.05, 0.1) is 4.92 Å². The van der Waals surface area contributed by atoms with Crippen molar-refractivity contribution in [3.05, 3.63) is 33.9 Å². The highest BCUT2D eigenvalue weighted by atomic mass is 16.6. The van der Waals surface area contributed by atoms with Gasteiger partial charge in [-0.1, -0.05) is 0 Å². The van der Waals surface area contributed by atoms with Crippen molar-refractivity contribution >= 4 is 17.5 Å². The number of carbonyl (C=O) groups is 2. The second kappa shape index (κ2) is 6.46. The molecule has 1 aromatic rings.